The molecular formula is C20H26ClIN6O2. The largest absolute Gasteiger partial charge is 0.359 e. The van der Waals surface area contributed by atoms with E-state index in [4.69, 9.17) is 20.6 Å². The van der Waals surface area contributed by atoms with Crippen molar-refractivity contribution in [2.24, 2.45) is 4.99 Å². The lowest BCUT2D eigenvalue weighted by Crippen LogP contribution is -2.38. The van der Waals surface area contributed by atoms with Crippen molar-refractivity contribution in [1.29, 1.82) is 0 Å². The summed E-state index contributed by atoms with van der Waals surface area (Å²) >= 11 is 5.91. The number of hydrogen-bond donors (Lipinski definition) is 2. The third kappa shape index (κ3) is 6.98. The summed E-state index contributed by atoms with van der Waals surface area (Å²) in [4.78, 5) is 8.95. The maximum atomic E-state index is 5.91. The predicted molar refractivity (Wildman–Crippen MR) is 127 cm³/mol. The van der Waals surface area contributed by atoms with E-state index in [2.05, 4.69) is 44.8 Å². The van der Waals surface area contributed by atoms with E-state index in [0.717, 1.165) is 23.6 Å². The summed E-state index contributed by atoms with van der Waals surface area (Å²) in [7, 11) is 0. The van der Waals surface area contributed by atoms with Crippen LogP contribution in [0.4, 0.5) is 0 Å². The molecule has 10 heteroatoms. The lowest BCUT2D eigenvalue weighted by molar-refractivity contribution is 0.375. The Morgan fingerprint density at radius 3 is 2.57 bits per heavy atom. The standard InChI is InChI=1S/C20H25ClN6O2.HI/c1-4-22-20(24-12-16-11-17(13(2)3)26-28-16)23-10-9-18-25-19(27-29-18)14-5-7-15(21)8-6-14;/h5-8,11,13H,4,9-10,12H2,1-3H3,(H2,22,23,24);1H. The summed E-state index contributed by atoms with van der Waals surface area (Å²) < 4.78 is 10.7. The monoisotopic (exact) mass is 544 g/mol. The van der Waals surface area contributed by atoms with Crippen LogP contribution in [0.25, 0.3) is 11.4 Å². The van der Waals surface area contributed by atoms with Crippen molar-refractivity contribution in [3.05, 3.63) is 52.7 Å². The van der Waals surface area contributed by atoms with E-state index < -0.39 is 0 Å². The van der Waals surface area contributed by atoms with Gasteiger partial charge in [0.25, 0.3) is 0 Å². The van der Waals surface area contributed by atoms with Crippen molar-refractivity contribution in [3.63, 3.8) is 0 Å². The van der Waals surface area contributed by atoms with E-state index in [9.17, 15) is 0 Å². The normalized spacial score (nSPS) is 11.4. The van der Waals surface area contributed by atoms with E-state index in [0.29, 0.717) is 48.1 Å². The lowest BCUT2D eigenvalue weighted by Gasteiger charge is -2.09. The molecule has 2 aromatic heterocycles. The highest BCUT2D eigenvalue weighted by molar-refractivity contribution is 14.0. The third-order valence-corrected chi connectivity index (χ3v) is 4.36. The van der Waals surface area contributed by atoms with Crippen LogP contribution >= 0.6 is 35.6 Å². The molecule has 3 rings (SSSR count). The lowest BCUT2D eigenvalue weighted by atomic mass is 10.1. The minimum atomic E-state index is 0. The molecule has 0 amide bonds. The number of aliphatic imine (C=N–C) groups is 1. The van der Waals surface area contributed by atoms with Crippen LogP contribution in [0, 0.1) is 0 Å². The van der Waals surface area contributed by atoms with Gasteiger partial charge in [-0.3, -0.25) is 0 Å². The van der Waals surface area contributed by atoms with Crippen molar-refractivity contribution in [3.8, 4) is 11.4 Å². The van der Waals surface area contributed by atoms with Gasteiger partial charge in [0.05, 0.1) is 5.69 Å². The van der Waals surface area contributed by atoms with Gasteiger partial charge in [-0.15, -0.1) is 24.0 Å². The molecule has 0 spiro atoms. The summed E-state index contributed by atoms with van der Waals surface area (Å²) in [6.45, 7) is 7.93. The van der Waals surface area contributed by atoms with Gasteiger partial charge in [0.1, 0.15) is 6.54 Å². The van der Waals surface area contributed by atoms with Gasteiger partial charge in [0.15, 0.2) is 11.7 Å². The molecule has 0 bridgehead atoms. The van der Waals surface area contributed by atoms with Crippen LogP contribution in [0.15, 0.2) is 44.4 Å². The molecular weight excluding hydrogens is 519 g/mol. The van der Waals surface area contributed by atoms with Gasteiger partial charge in [0, 0.05) is 36.2 Å². The number of aromatic nitrogens is 3. The number of nitrogens with zero attached hydrogens (tertiary/aromatic N) is 4. The van der Waals surface area contributed by atoms with E-state index in [1.54, 1.807) is 12.1 Å². The molecule has 0 saturated carbocycles. The maximum absolute atomic E-state index is 5.91. The zero-order chi connectivity index (χ0) is 20.6. The second-order valence-electron chi connectivity index (χ2n) is 6.76. The van der Waals surface area contributed by atoms with Gasteiger partial charge in [-0.2, -0.15) is 4.98 Å². The molecule has 1 aromatic carbocycles. The van der Waals surface area contributed by atoms with Crippen LogP contribution < -0.4 is 10.6 Å². The molecule has 0 aliphatic heterocycles. The van der Waals surface area contributed by atoms with Gasteiger partial charge >= 0.3 is 0 Å². The molecule has 2 N–H and O–H groups in total. The molecule has 0 fully saturated rings. The highest BCUT2D eigenvalue weighted by Gasteiger charge is 2.10. The summed E-state index contributed by atoms with van der Waals surface area (Å²) in [6, 6.07) is 9.26. The first-order valence-corrected chi connectivity index (χ1v) is 9.99. The van der Waals surface area contributed by atoms with Crippen molar-refractivity contribution >= 4 is 41.5 Å². The Hall–Kier alpha value is -2.14. The average Bonchev–Trinajstić information content (AvgIpc) is 3.36. The fraction of sp³-hybridized carbons (Fsp3) is 0.400. The maximum Gasteiger partial charge on any atom is 0.228 e. The summed E-state index contributed by atoms with van der Waals surface area (Å²) in [5, 5.41) is 15.2. The summed E-state index contributed by atoms with van der Waals surface area (Å²) in [5.41, 5.74) is 1.79. The Morgan fingerprint density at radius 1 is 1.13 bits per heavy atom. The van der Waals surface area contributed by atoms with E-state index in [1.165, 1.54) is 0 Å². The van der Waals surface area contributed by atoms with Crippen molar-refractivity contribution in [2.45, 2.75) is 39.7 Å². The molecule has 0 aliphatic carbocycles. The third-order valence-electron chi connectivity index (χ3n) is 4.11. The highest BCUT2D eigenvalue weighted by Crippen LogP contribution is 2.18. The summed E-state index contributed by atoms with van der Waals surface area (Å²) in [5.74, 6) is 2.84. The van der Waals surface area contributed by atoms with E-state index in [-0.39, 0.29) is 24.0 Å². The van der Waals surface area contributed by atoms with E-state index in [1.807, 2.05) is 25.1 Å². The Bertz CT molecular complexity index is 939. The number of guanidine groups is 1. The van der Waals surface area contributed by atoms with Crippen LogP contribution in [0.5, 0.6) is 0 Å². The fourth-order valence-corrected chi connectivity index (χ4v) is 2.66. The van der Waals surface area contributed by atoms with Gasteiger partial charge in [-0.1, -0.05) is 35.8 Å². The first kappa shape index (κ1) is 24.1. The number of nitrogens with one attached hydrogen (secondary N) is 2. The Balaban J connectivity index is 0.00000320. The summed E-state index contributed by atoms with van der Waals surface area (Å²) in [6.07, 6.45) is 0.574. The van der Waals surface area contributed by atoms with Crippen LogP contribution in [-0.2, 0) is 13.0 Å². The first-order chi connectivity index (χ1) is 14.0. The SMILES string of the molecule is CCNC(=NCc1cc(C(C)C)no1)NCCc1nc(-c2ccc(Cl)cc2)no1.I. The molecule has 30 heavy (non-hydrogen) atoms. The Kier molecular flexibility index (Phi) is 9.57. The molecule has 0 radical (unpaired) electrons. The molecule has 0 atom stereocenters. The second kappa shape index (κ2) is 11.9. The van der Waals surface area contributed by atoms with Gasteiger partial charge in [0.2, 0.25) is 11.7 Å². The molecule has 3 aromatic rings. The Morgan fingerprint density at radius 2 is 1.90 bits per heavy atom. The predicted octanol–water partition coefficient (Wildman–Crippen LogP) is 4.42. The second-order valence-corrected chi connectivity index (χ2v) is 7.20. The minimum absolute atomic E-state index is 0. The number of hydrogen-bond acceptors (Lipinski definition) is 6. The number of rotatable bonds is 8. The zero-order valence-electron chi connectivity index (χ0n) is 17.2. The van der Waals surface area contributed by atoms with Crippen LogP contribution in [0.2, 0.25) is 5.02 Å². The van der Waals surface area contributed by atoms with Gasteiger partial charge in [-0.05, 0) is 37.1 Å². The molecule has 2 heterocycles. The first-order valence-electron chi connectivity index (χ1n) is 9.61. The van der Waals surface area contributed by atoms with Gasteiger partial charge < -0.3 is 19.7 Å². The van der Waals surface area contributed by atoms with Crippen LogP contribution in [0.3, 0.4) is 0 Å². The average molecular weight is 545 g/mol. The smallest absolute Gasteiger partial charge is 0.228 e. The van der Waals surface area contributed by atoms with Crippen LogP contribution in [0.1, 0.15) is 44.0 Å². The van der Waals surface area contributed by atoms with Crippen LogP contribution in [-0.4, -0.2) is 34.3 Å². The van der Waals surface area contributed by atoms with E-state index >= 15 is 0 Å². The topological polar surface area (TPSA) is 101 Å². The number of halogens is 2. The minimum Gasteiger partial charge on any atom is -0.359 e. The van der Waals surface area contributed by atoms with Crippen molar-refractivity contribution in [2.75, 3.05) is 13.1 Å². The zero-order valence-corrected chi connectivity index (χ0v) is 20.3. The molecule has 0 saturated heterocycles. The molecule has 0 aliphatic rings. The highest BCUT2D eigenvalue weighted by atomic mass is 127. The molecule has 8 nitrogen and oxygen atoms in total. The Labute approximate surface area is 197 Å². The molecule has 0 unspecified atom stereocenters. The van der Waals surface area contributed by atoms with Crippen molar-refractivity contribution in [1.82, 2.24) is 25.9 Å². The van der Waals surface area contributed by atoms with Gasteiger partial charge in [-0.25, -0.2) is 4.99 Å². The fourth-order valence-electron chi connectivity index (χ4n) is 2.53. The quantitative estimate of drug-likeness (QED) is 0.246. The number of benzene rings is 1. The van der Waals surface area contributed by atoms with Crippen molar-refractivity contribution < 1.29 is 9.05 Å². The molecule has 162 valence electrons.